The second-order valence-corrected chi connectivity index (χ2v) is 7.63. The van der Waals surface area contributed by atoms with E-state index in [4.69, 9.17) is 28.5 Å². The van der Waals surface area contributed by atoms with Crippen LogP contribution in [-0.2, 0) is 14.8 Å². The van der Waals surface area contributed by atoms with E-state index in [1.807, 2.05) is 6.07 Å². The summed E-state index contributed by atoms with van der Waals surface area (Å²) in [5.74, 6) is -0.571. The number of nitriles is 1. The molecule has 0 aliphatic heterocycles. The van der Waals surface area contributed by atoms with E-state index in [-0.39, 0.29) is 14.9 Å². The van der Waals surface area contributed by atoms with Gasteiger partial charge in [-0.1, -0.05) is 29.3 Å². The first-order valence-electron chi connectivity index (χ1n) is 7.01. The molecular weight excluding hydrogens is 385 g/mol. The molecule has 1 atom stereocenters. The summed E-state index contributed by atoms with van der Waals surface area (Å²) in [4.78, 5) is 12.1. The summed E-state index contributed by atoms with van der Waals surface area (Å²) < 4.78 is 26.9. The Morgan fingerprint density at radius 1 is 1.16 bits per heavy atom. The zero-order valence-corrected chi connectivity index (χ0v) is 15.3. The number of amides is 1. The van der Waals surface area contributed by atoms with Crippen molar-refractivity contribution in [3.8, 4) is 6.07 Å². The molecule has 2 aromatic carbocycles. The van der Waals surface area contributed by atoms with Crippen LogP contribution in [0.25, 0.3) is 0 Å². The van der Waals surface area contributed by atoms with Gasteiger partial charge in [-0.3, -0.25) is 4.79 Å². The number of rotatable bonds is 5. The highest BCUT2D eigenvalue weighted by Crippen LogP contribution is 2.24. The van der Waals surface area contributed by atoms with Gasteiger partial charge in [-0.05, 0) is 43.3 Å². The van der Waals surface area contributed by atoms with Gasteiger partial charge in [-0.2, -0.15) is 9.98 Å². The Morgan fingerprint density at radius 3 is 2.52 bits per heavy atom. The highest BCUT2D eigenvalue weighted by molar-refractivity contribution is 7.89. The molecule has 0 aromatic heterocycles. The predicted octanol–water partition coefficient (Wildman–Crippen LogP) is 3.17. The van der Waals surface area contributed by atoms with Gasteiger partial charge in [0.2, 0.25) is 15.9 Å². The molecule has 2 aromatic rings. The van der Waals surface area contributed by atoms with E-state index in [0.29, 0.717) is 11.3 Å². The molecule has 0 unspecified atom stereocenters. The predicted molar refractivity (Wildman–Crippen MR) is 96.0 cm³/mol. The summed E-state index contributed by atoms with van der Waals surface area (Å²) in [5, 5.41) is 11.7. The number of anilines is 1. The molecule has 0 radical (unpaired) electrons. The maximum Gasteiger partial charge on any atom is 0.242 e. The highest BCUT2D eigenvalue weighted by Gasteiger charge is 2.22. The van der Waals surface area contributed by atoms with Gasteiger partial charge >= 0.3 is 0 Å². The first kappa shape index (κ1) is 19.2. The van der Waals surface area contributed by atoms with Gasteiger partial charge < -0.3 is 5.32 Å². The quantitative estimate of drug-likeness (QED) is 0.808. The fourth-order valence-electron chi connectivity index (χ4n) is 1.92. The van der Waals surface area contributed by atoms with Crippen LogP contribution in [0.1, 0.15) is 12.5 Å². The standard InChI is InChI=1S/C16H13Cl2N3O3S/c1-10(16(22)20-12-4-2-3-11(7-12)9-19)21-25(23,24)13-5-6-14(17)15(18)8-13/h2-8,10,21H,1H3,(H,20,22)/t10-/m1/s1. The number of carbonyl (C=O) groups is 1. The number of nitrogens with one attached hydrogen (secondary N) is 2. The Kier molecular flexibility index (Phi) is 6.03. The molecule has 130 valence electrons. The average Bonchev–Trinajstić information content (AvgIpc) is 2.57. The van der Waals surface area contributed by atoms with Crippen LogP contribution in [0.4, 0.5) is 5.69 Å². The number of sulfonamides is 1. The minimum atomic E-state index is -3.96. The lowest BCUT2D eigenvalue weighted by Gasteiger charge is -2.15. The van der Waals surface area contributed by atoms with Gasteiger partial charge in [0.05, 0.1) is 32.6 Å². The summed E-state index contributed by atoms with van der Waals surface area (Å²) in [6, 6.07) is 11.0. The lowest BCUT2D eigenvalue weighted by atomic mass is 10.2. The van der Waals surface area contributed by atoms with Crippen molar-refractivity contribution in [2.24, 2.45) is 0 Å². The average molecular weight is 398 g/mol. The Labute approximate surface area is 155 Å². The van der Waals surface area contributed by atoms with Crippen molar-refractivity contribution in [2.75, 3.05) is 5.32 Å². The van der Waals surface area contributed by atoms with Crippen LogP contribution < -0.4 is 10.0 Å². The van der Waals surface area contributed by atoms with Crippen molar-refractivity contribution >= 4 is 44.8 Å². The van der Waals surface area contributed by atoms with Crippen molar-refractivity contribution in [3.05, 3.63) is 58.1 Å². The van der Waals surface area contributed by atoms with Gasteiger partial charge in [-0.25, -0.2) is 8.42 Å². The van der Waals surface area contributed by atoms with E-state index in [2.05, 4.69) is 10.0 Å². The Hall–Kier alpha value is -2.11. The number of carbonyl (C=O) groups excluding carboxylic acids is 1. The third kappa shape index (κ3) is 4.94. The van der Waals surface area contributed by atoms with Crippen LogP contribution in [-0.4, -0.2) is 20.4 Å². The molecular formula is C16H13Cl2N3O3S. The third-order valence-electron chi connectivity index (χ3n) is 3.19. The van der Waals surface area contributed by atoms with E-state index in [0.717, 1.165) is 0 Å². The molecule has 0 bridgehead atoms. The smallest absolute Gasteiger partial charge is 0.242 e. The molecule has 0 fully saturated rings. The fraction of sp³-hybridized carbons (Fsp3) is 0.125. The topological polar surface area (TPSA) is 99.1 Å². The van der Waals surface area contributed by atoms with Crippen LogP contribution in [0.3, 0.4) is 0 Å². The second kappa shape index (κ2) is 7.85. The van der Waals surface area contributed by atoms with Gasteiger partial charge in [0, 0.05) is 5.69 Å². The number of halogens is 2. The molecule has 0 heterocycles. The first-order chi connectivity index (χ1) is 11.7. The van der Waals surface area contributed by atoms with Crippen LogP contribution in [0, 0.1) is 11.3 Å². The van der Waals surface area contributed by atoms with Crippen LogP contribution >= 0.6 is 23.2 Å². The van der Waals surface area contributed by atoms with E-state index < -0.39 is 22.0 Å². The van der Waals surface area contributed by atoms with Crippen LogP contribution in [0.2, 0.25) is 10.0 Å². The first-order valence-corrected chi connectivity index (χ1v) is 9.25. The van der Waals surface area contributed by atoms with E-state index in [1.54, 1.807) is 18.2 Å². The summed E-state index contributed by atoms with van der Waals surface area (Å²) in [5.41, 5.74) is 0.770. The minimum absolute atomic E-state index is 0.0926. The lowest BCUT2D eigenvalue weighted by Crippen LogP contribution is -2.41. The summed E-state index contributed by atoms with van der Waals surface area (Å²) in [6.45, 7) is 1.40. The number of nitrogens with zero attached hydrogens (tertiary/aromatic N) is 1. The van der Waals surface area contributed by atoms with Crippen molar-refractivity contribution in [1.29, 1.82) is 5.26 Å². The van der Waals surface area contributed by atoms with E-state index in [1.165, 1.54) is 31.2 Å². The number of hydrogen-bond acceptors (Lipinski definition) is 4. The van der Waals surface area contributed by atoms with Crippen LogP contribution in [0.15, 0.2) is 47.4 Å². The molecule has 0 aliphatic carbocycles. The Bertz CT molecular complexity index is 955. The second-order valence-electron chi connectivity index (χ2n) is 5.10. The highest BCUT2D eigenvalue weighted by atomic mass is 35.5. The van der Waals surface area contributed by atoms with E-state index in [9.17, 15) is 13.2 Å². The van der Waals surface area contributed by atoms with Gasteiger partial charge in [0.25, 0.3) is 0 Å². The summed E-state index contributed by atoms with van der Waals surface area (Å²) in [6.07, 6.45) is 0. The Balaban J connectivity index is 2.11. The Morgan fingerprint density at radius 2 is 1.88 bits per heavy atom. The maximum absolute atomic E-state index is 12.3. The molecule has 2 N–H and O–H groups in total. The van der Waals surface area contributed by atoms with Crippen molar-refractivity contribution in [1.82, 2.24) is 4.72 Å². The number of benzene rings is 2. The lowest BCUT2D eigenvalue weighted by molar-refractivity contribution is -0.117. The molecule has 0 saturated carbocycles. The van der Waals surface area contributed by atoms with E-state index >= 15 is 0 Å². The molecule has 6 nitrogen and oxygen atoms in total. The van der Waals surface area contributed by atoms with Crippen molar-refractivity contribution in [3.63, 3.8) is 0 Å². The SMILES string of the molecule is C[C@@H](NS(=O)(=O)c1ccc(Cl)c(Cl)c1)C(=O)Nc1cccc(C#N)c1. The van der Waals surface area contributed by atoms with Gasteiger partial charge in [0.15, 0.2) is 0 Å². The summed E-state index contributed by atoms with van der Waals surface area (Å²) in [7, 11) is -3.96. The molecule has 9 heteroatoms. The van der Waals surface area contributed by atoms with Gasteiger partial charge in [-0.15, -0.1) is 0 Å². The maximum atomic E-state index is 12.3. The molecule has 25 heavy (non-hydrogen) atoms. The molecule has 2 rings (SSSR count). The van der Waals surface area contributed by atoms with Crippen molar-refractivity contribution < 1.29 is 13.2 Å². The third-order valence-corrected chi connectivity index (χ3v) is 5.46. The zero-order valence-electron chi connectivity index (χ0n) is 13.0. The summed E-state index contributed by atoms with van der Waals surface area (Å²) >= 11 is 11.6. The zero-order chi connectivity index (χ0) is 18.6. The largest absolute Gasteiger partial charge is 0.325 e. The molecule has 0 spiro atoms. The fourth-order valence-corrected chi connectivity index (χ4v) is 3.51. The normalized spacial score (nSPS) is 12.2. The van der Waals surface area contributed by atoms with Crippen molar-refractivity contribution in [2.45, 2.75) is 17.9 Å². The monoisotopic (exact) mass is 397 g/mol. The minimum Gasteiger partial charge on any atom is -0.325 e. The number of hydrogen-bond donors (Lipinski definition) is 2. The molecule has 1 amide bonds. The van der Waals surface area contributed by atoms with Gasteiger partial charge in [0.1, 0.15) is 0 Å². The molecule has 0 aliphatic rings. The molecule has 0 saturated heterocycles. The van der Waals surface area contributed by atoms with Crippen LogP contribution in [0.5, 0.6) is 0 Å².